The van der Waals surface area contributed by atoms with Crippen molar-refractivity contribution in [1.82, 2.24) is 4.90 Å². The van der Waals surface area contributed by atoms with Crippen LogP contribution >= 0.6 is 11.3 Å². The predicted octanol–water partition coefficient (Wildman–Crippen LogP) is 3.00. The third-order valence-corrected chi connectivity index (χ3v) is 3.22. The van der Waals surface area contributed by atoms with Gasteiger partial charge in [0.15, 0.2) is 0 Å². The molecule has 1 unspecified atom stereocenters. The topological polar surface area (TPSA) is 3.24 Å². The molecule has 0 aromatic carbocycles. The van der Waals surface area contributed by atoms with Gasteiger partial charge in [-0.2, -0.15) is 0 Å². The molecule has 0 spiro atoms. The van der Waals surface area contributed by atoms with Crippen molar-refractivity contribution < 1.29 is 12.9 Å². The summed E-state index contributed by atoms with van der Waals surface area (Å²) in [7, 11) is 1.52. The molecule has 0 aliphatic heterocycles. The Bertz CT molecular complexity index is 286. The van der Waals surface area contributed by atoms with Gasteiger partial charge in [0.05, 0.1) is 0 Å². The highest BCUT2D eigenvalue weighted by atomic mass is 32.1. The smallest absolute Gasteiger partial charge is 0.448 e. The molecule has 1 rings (SSSR count). The minimum absolute atomic E-state index is 0.0767. The highest BCUT2D eigenvalue weighted by Gasteiger charge is 2.26. The number of likely N-dealkylation sites (N-methyl/N-ethyl adjacent to an activating group) is 1. The molecule has 1 aromatic rings. The third-order valence-electron chi connectivity index (χ3n) is 2.32. The van der Waals surface area contributed by atoms with Crippen molar-refractivity contribution in [2.45, 2.75) is 19.4 Å². The molecule has 1 aromatic heterocycles. The van der Waals surface area contributed by atoms with Crippen LogP contribution in [0.1, 0.15) is 11.8 Å². The van der Waals surface area contributed by atoms with Crippen molar-refractivity contribution in [3.63, 3.8) is 0 Å². The van der Waals surface area contributed by atoms with E-state index in [1.807, 2.05) is 24.4 Å². The van der Waals surface area contributed by atoms with Gasteiger partial charge in [-0.05, 0) is 38.3 Å². The average molecular weight is 236 g/mol. The Kier molecular flexibility index (Phi) is 4.22. The molecule has 0 aliphatic carbocycles. The van der Waals surface area contributed by atoms with Gasteiger partial charge in [-0.1, -0.05) is 6.07 Å². The zero-order valence-electron chi connectivity index (χ0n) is 8.79. The molecule has 1 atom stereocenters. The van der Waals surface area contributed by atoms with Gasteiger partial charge in [0.1, 0.15) is 0 Å². The second kappa shape index (κ2) is 5.03. The lowest BCUT2D eigenvalue weighted by atomic mass is 9.90. The van der Waals surface area contributed by atoms with Crippen molar-refractivity contribution in [2.75, 3.05) is 13.5 Å². The molecule has 0 amide bonds. The maximum absolute atomic E-state index is 12.2. The molecule has 1 heterocycles. The maximum atomic E-state index is 12.2. The molecule has 0 fully saturated rings. The number of thiophene rings is 1. The van der Waals surface area contributed by atoms with Gasteiger partial charge in [0.2, 0.25) is 0 Å². The van der Waals surface area contributed by atoms with Gasteiger partial charge in [0, 0.05) is 10.9 Å². The number of nitrogens with zero attached hydrogens (tertiary/aromatic N) is 1. The Morgan fingerprint density at radius 2 is 2.13 bits per heavy atom. The predicted molar refractivity (Wildman–Crippen MR) is 59.2 cm³/mol. The molecule has 6 heteroatoms. The zero-order chi connectivity index (χ0) is 11.5. The minimum Gasteiger partial charge on any atom is -0.448 e. The number of hydrogen-bond donors (Lipinski definition) is 0. The maximum Gasteiger partial charge on any atom is 0.492 e. The molecular formula is C9H14BF3NS-. The van der Waals surface area contributed by atoms with E-state index in [-0.39, 0.29) is 6.04 Å². The van der Waals surface area contributed by atoms with E-state index in [0.29, 0.717) is 6.42 Å². The summed E-state index contributed by atoms with van der Waals surface area (Å²) in [6.45, 7) is -2.90. The van der Waals surface area contributed by atoms with E-state index < -0.39 is 13.4 Å². The second-order valence-electron chi connectivity index (χ2n) is 3.78. The lowest BCUT2D eigenvalue weighted by Crippen LogP contribution is -2.41. The first-order valence-corrected chi connectivity index (χ1v) is 5.70. The fourth-order valence-corrected chi connectivity index (χ4v) is 2.21. The summed E-state index contributed by atoms with van der Waals surface area (Å²) in [5.41, 5.74) is 0. The monoisotopic (exact) mass is 236 g/mol. The summed E-state index contributed by atoms with van der Waals surface area (Å²) in [5, 5.41) is 1.94. The van der Waals surface area contributed by atoms with E-state index in [9.17, 15) is 12.9 Å². The summed E-state index contributed by atoms with van der Waals surface area (Å²) in [4.78, 5) is 2.49. The highest BCUT2D eigenvalue weighted by Crippen LogP contribution is 2.16. The summed E-state index contributed by atoms with van der Waals surface area (Å²) in [6.07, 6.45) is -0.104. The summed E-state index contributed by atoms with van der Waals surface area (Å²) >= 11 is 1.58. The van der Waals surface area contributed by atoms with Crippen LogP contribution < -0.4 is 0 Å². The van der Waals surface area contributed by atoms with Crippen molar-refractivity contribution in [3.05, 3.63) is 22.4 Å². The van der Waals surface area contributed by atoms with Gasteiger partial charge in [-0.15, -0.1) is 11.3 Å². The van der Waals surface area contributed by atoms with Crippen LogP contribution in [0.15, 0.2) is 17.5 Å². The standard InChI is InChI=1S/C9H14BF3NS/c1-8(6-9-4-3-5-15-9)14(2)7-10(11,12)13/h3-5,8H,6-7H2,1-2H3/q-1. The molecule has 0 bridgehead atoms. The normalized spacial score (nSPS) is 14.5. The lowest BCUT2D eigenvalue weighted by molar-refractivity contribution is 0.263. The largest absolute Gasteiger partial charge is 0.492 e. The molecular weight excluding hydrogens is 222 g/mol. The van der Waals surface area contributed by atoms with Crippen LogP contribution in [0, 0.1) is 0 Å². The number of halogens is 3. The Balaban J connectivity index is 2.43. The quantitative estimate of drug-likeness (QED) is 0.710. The Labute approximate surface area is 92.0 Å². The number of rotatable bonds is 5. The van der Waals surface area contributed by atoms with Crippen LogP contribution in [0.4, 0.5) is 12.9 Å². The summed E-state index contributed by atoms with van der Waals surface area (Å²) in [5.74, 6) is 0. The third kappa shape index (κ3) is 4.71. The first-order chi connectivity index (χ1) is 6.88. The van der Waals surface area contributed by atoms with Gasteiger partial charge >= 0.3 is 6.98 Å². The summed E-state index contributed by atoms with van der Waals surface area (Å²) in [6, 6.07) is 3.79. The molecule has 0 saturated carbocycles. The SMILES string of the molecule is CC(Cc1cccs1)N(C)C[B-](F)(F)F. The highest BCUT2D eigenvalue weighted by molar-refractivity contribution is 7.09. The first-order valence-electron chi connectivity index (χ1n) is 4.82. The molecule has 0 aliphatic rings. The van der Waals surface area contributed by atoms with Crippen molar-refractivity contribution >= 4 is 18.3 Å². The van der Waals surface area contributed by atoms with Crippen LogP contribution in [0.2, 0.25) is 0 Å². The fourth-order valence-electron chi connectivity index (χ4n) is 1.38. The van der Waals surface area contributed by atoms with Gasteiger partial charge in [-0.3, -0.25) is 0 Å². The van der Waals surface area contributed by atoms with Gasteiger partial charge in [0.25, 0.3) is 0 Å². The molecule has 15 heavy (non-hydrogen) atoms. The van der Waals surface area contributed by atoms with Crippen LogP contribution in [0.5, 0.6) is 0 Å². The van der Waals surface area contributed by atoms with E-state index in [1.165, 1.54) is 11.9 Å². The Morgan fingerprint density at radius 3 is 2.60 bits per heavy atom. The van der Waals surface area contributed by atoms with Crippen molar-refractivity contribution in [2.24, 2.45) is 0 Å². The zero-order valence-corrected chi connectivity index (χ0v) is 9.61. The van der Waals surface area contributed by atoms with Crippen molar-refractivity contribution in [3.8, 4) is 0 Å². The lowest BCUT2D eigenvalue weighted by Gasteiger charge is -2.29. The minimum atomic E-state index is -4.72. The van der Waals surface area contributed by atoms with Gasteiger partial charge in [-0.25, -0.2) is 0 Å². The van der Waals surface area contributed by atoms with E-state index in [4.69, 9.17) is 0 Å². The first kappa shape index (κ1) is 12.6. The van der Waals surface area contributed by atoms with E-state index in [1.54, 1.807) is 11.3 Å². The Hall–Kier alpha value is -0.485. The van der Waals surface area contributed by atoms with E-state index in [2.05, 4.69) is 0 Å². The second-order valence-corrected chi connectivity index (χ2v) is 4.81. The fraction of sp³-hybridized carbons (Fsp3) is 0.556. The van der Waals surface area contributed by atoms with Crippen LogP contribution in [-0.4, -0.2) is 31.4 Å². The van der Waals surface area contributed by atoms with Crippen LogP contribution in [0.3, 0.4) is 0 Å². The van der Waals surface area contributed by atoms with Gasteiger partial charge < -0.3 is 17.8 Å². The van der Waals surface area contributed by atoms with E-state index in [0.717, 1.165) is 4.88 Å². The van der Waals surface area contributed by atoms with Crippen LogP contribution in [-0.2, 0) is 6.42 Å². The molecule has 0 saturated heterocycles. The molecule has 0 radical (unpaired) electrons. The van der Waals surface area contributed by atoms with Crippen LogP contribution in [0.25, 0.3) is 0 Å². The molecule has 1 nitrogen and oxygen atoms in total. The van der Waals surface area contributed by atoms with Crippen molar-refractivity contribution in [1.29, 1.82) is 0 Å². The number of hydrogen-bond acceptors (Lipinski definition) is 2. The molecule has 86 valence electrons. The summed E-state index contributed by atoms with van der Waals surface area (Å²) < 4.78 is 36.5. The Morgan fingerprint density at radius 1 is 1.47 bits per heavy atom. The van der Waals surface area contributed by atoms with E-state index >= 15 is 0 Å². The molecule has 0 N–H and O–H groups in total. The average Bonchev–Trinajstić information content (AvgIpc) is 2.53.